The van der Waals surface area contributed by atoms with Crippen molar-refractivity contribution >= 4 is 5.91 Å². The monoisotopic (exact) mass is 342 g/mol. The molecule has 1 aromatic carbocycles. The van der Waals surface area contributed by atoms with Gasteiger partial charge in [-0.05, 0) is 39.3 Å². The van der Waals surface area contributed by atoms with Crippen molar-refractivity contribution in [1.82, 2.24) is 20.8 Å². The smallest absolute Gasteiger partial charge is 0.272 e. The minimum absolute atomic E-state index is 0.163. The van der Waals surface area contributed by atoms with Crippen LogP contribution in [0.3, 0.4) is 0 Å². The van der Waals surface area contributed by atoms with Crippen molar-refractivity contribution in [3.8, 4) is 5.75 Å². The number of H-pyrrole nitrogens is 1. The Morgan fingerprint density at radius 3 is 2.92 bits per heavy atom. The van der Waals surface area contributed by atoms with Crippen LogP contribution in [0.25, 0.3) is 0 Å². The maximum atomic E-state index is 12.6. The maximum absolute atomic E-state index is 12.6. The zero-order valence-electron chi connectivity index (χ0n) is 15.3. The molecule has 0 fully saturated rings. The van der Waals surface area contributed by atoms with Crippen LogP contribution in [0.2, 0.25) is 0 Å². The Balaban J connectivity index is 1.73. The molecule has 134 valence electrons. The lowest BCUT2D eigenvalue weighted by atomic mass is 10.1. The summed E-state index contributed by atoms with van der Waals surface area (Å²) < 4.78 is 6.04. The first-order valence-corrected chi connectivity index (χ1v) is 8.67. The van der Waals surface area contributed by atoms with Crippen molar-refractivity contribution in [2.24, 2.45) is 0 Å². The van der Waals surface area contributed by atoms with E-state index in [1.807, 2.05) is 45.9 Å². The Kier molecular flexibility index (Phi) is 4.81. The van der Waals surface area contributed by atoms with Gasteiger partial charge in [-0.15, -0.1) is 0 Å². The van der Waals surface area contributed by atoms with E-state index < -0.39 is 0 Å². The molecule has 1 aliphatic rings. The van der Waals surface area contributed by atoms with Crippen molar-refractivity contribution < 1.29 is 9.53 Å². The van der Waals surface area contributed by atoms with Crippen molar-refractivity contribution in [2.75, 3.05) is 6.54 Å². The molecule has 0 saturated carbocycles. The van der Waals surface area contributed by atoms with E-state index in [-0.39, 0.29) is 11.5 Å². The number of fused-ring (bicyclic) bond motifs is 1. The Bertz CT molecular complexity index is 774. The number of aromatic amines is 1. The quantitative estimate of drug-likeness (QED) is 0.797. The highest BCUT2D eigenvalue weighted by molar-refractivity contribution is 5.94. The lowest BCUT2D eigenvalue weighted by Gasteiger charge is -2.23. The predicted octanol–water partition coefficient (Wildman–Crippen LogP) is 2.47. The minimum Gasteiger partial charge on any atom is -0.488 e. The van der Waals surface area contributed by atoms with Crippen LogP contribution in [0.15, 0.2) is 18.2 Å². The van der Waals surface area contributed by atoms with E-state index in [0.29, 0.717) is 18.8 Å². The van der Waals surface area contributed by atoms with E-state index in [0.717, 1.165) is 41.1 Å². The number of rotatable bonds is 4. The molecule has 1 aliphatic heterocycles. The zero-order valence-corrected chi connectivity index (χ0v) is 15.3. The van der Waals surface area contributed by atoms with Gasteiger partial charge >= 0.3 is 0 Å². The number of aryl methyl sites for hydroxylation is 1. The first-order chi connectivity index (χ1) is 11.8. The Morgan fingerprint density at radius 2 is 2.16 bits per heavy atom. The third-order valence-corrected chi connectivity index (χ3v) is 4.10. The molecule has 1 aromatic heterocycles. The van der Waals surface area contributed by atoms with Crippen LogP contribution in [0, 0.1) is 6.92 Å². The second-order valence-electron chi connectivity index (χ2n) is 7.46. The SMILES string of the molecule is Cc1ccc(CNC(=O)c2n[nH]c3c2CNCC3)c(OC(C)(C)C)c1. The molecular formula is C19H26N4O2. The first-order valence-electron chi connectivity index (χ1n) is 8.67. The van der Waals surface area contributed by atoms with E-state index >= 15 is 0 Å². The standard InChI is InChI=1S/C19H26N4O2/c1-12-5-6-13(16(9-12)25-19(2,3)4)10-21-18(24)17-14-11-20-8-7-15(14)22-23-17/h5-6,9,20H,7-8,10-11H2,1-4H3,(H,21,24)(H,22,23). The van der Waals surface area contributed by atoms with Gasteiger partial charge in [0.1, 0.15) is 11.4 Å². The van der Waals surface area contributed by atoms with E-state index in [9.17, 15) is 4.79 Å². The summed E-state index contributed by atoms with van der Waals surface area (Å²) in [5.41, 5.74) is 4.29. The number of hydrogen-bond acceptors (Lipinski definition) is 4. The average molecular weight is 342 g/mol. The summed E-state index contributed by atoms with van der Waals surface area (Å²) >= 11 is 0. The normalized spacial score (nSPS) is 14.1. The van der Waals surface area contributed by atoms with E-state index in [4.69, 9.17) is 4.74 Å². The topological polar surface area (TPSA) is 79.0 Å². The number of hydrogen-bond donors (Lipinski definition) is 3. The van der Waals surface area contributed by atoms with Crippen molar-refractivity contribution in [1.29, 1.82) is 0 Å². The second-order valence-corrected chi connectivity index (χ2v) is 7.46. The Morgan fingerprint density at radius 1 is 1.36 bits per heavy atom. The van der Waals surface area contributed by atoms with Crippen molar-refractivity contribution in [3.63, 3.8) is 0 Å². The third kappa shape index (κ3) is 4.20. The molecule has 0 radical (unpaired) electrons. The molecule has 0 bridgehead atoms. The highest BCUT2D eigenvalue weighted by Gasteiger charge is 2.22. The van der Waals surface area contributed by atoms with Gasteiger partial charge in [0.2, 0.25) is 0 Å². The molecule has 0 saturated heterocycles. The van der Waals surface area contributed by atoms with Gasteiger partial charge in [0.15, 0.2) is 5.69 Å². The van der Waals surface area contributed by atoms with Gasteiger partial charge in [0.25, 0.3) is 5.91 Å². The lowest BCUT2D eigenvalue weighted by molar-refractivity contribution is 0.0943. The van der Waals surface area contributed by atoms with Crippen LogP contribution in [0.4, 0.5) is 0 Å². The van der Waals surface area contributed by atoms with E-state index in [2.05, 4.69) is 20.8 Å². The molecular weight excluding hydrogens is 316 g/mol. The Hall–Kier alpha value is -2.34. The van der Waals surface area contributed by atoms with Gasteiger partial charge in [-0.3, -0.25) is 9.89 Å². The summed E-state index contributed by atoms with van der Waals surface area (Å²) in [5.74, 6) is 0.641. The summed E-state index contributed by atoms with van der Waals surface area (Å²) in [6.07, 6.45) is 0.872. The van der Waals surface area contributed by atoms with Gasteiger partial charge in [-0.1, -0.05) is 12.1 Å². The number of nitrogens with one attached hydrogen (secondary N) is 3. The second kappa shape index (κ2) is 6.88. The Labute approximate surface area is 148 Å². The highest BCUT2D eigenvalue weighted by atomic mass is 16.5. The van der Waals surface area contributed by atoms with Crippen LogP contribution in [0.5, 0.6) is 5.75 Å². The minimum atomic E-state index is -0.292. The number of amides is 1. The van der Waals surface area contributed by atoms with Crippen LogP contribution in [-0.2, 0) is 19.5 Å². The fraction of sp³-hybridized carbons (Fsp3) is 0.474. The molecule has 25 heavy (non-hydrogen) atoms. The van der Waals surface area contributed by atoms with Crippen LogP contribution in [0.1, 0.15) is 53.6 Å². The molecule has 3 rings (SSSR count). The summed E-state index contributed by atoms with van der Waals surface area (Å²) in [7, 11) is 0. The number of carbonyl (C=O) groups is 1. The number of ether oxygens (including phenoxy) is 1. The molecule has 2 heterocycles. The van der Waals surface area contributed by atoms with E-state index in [1.165, 1.54) is 0 Å². The van der Waals surface area contributed by atoms with Crippen LogP contribution in [-0.4, -0.2) is 28.3 Å². The van der Waals surface area contributed by atoms with Gasteiger partial charge < -0.3 is 15.4 Å². The summed E-state index contributed by atoms with van der Waals surface area (Å²) in [4.78, 5) is 12.6. The molecule has 1 amide bonds. The number of aromatic nitrogens is 2. The average Bonchev–Trinajstić information content (AvgIpc) is 2.96. The van der Waals surface area contributed by atoms with Gasteiger partial charge in [0.05, 0.1) is 0 Å². The predicted molar refractivity (Wildman–Crippen MR) is 96.7 cm³/mol. The van der Waals surface area contributed by atoms with Gasteiger partial charge in [-0.25, -0.2) is 0 Å². The molecule has 3 N–H and O–H groups in total. The third-order valence-electron chi connectivity index (χ3n) is 4.10. The van der Waals surface area contributed by atoms with E-state index in [1.54, 1.807) is 0 Å². The fourth-order valence-corrected chi connectivity index (χ4v) is 2.90. The highest BCUT2D eigenvalue weighted by Crippen LogP contribution is 2.25. The maximum Gasteiger partial charge on any atom is 0.272 e. The van der Waals surface area contributed by atoms with Gasteiger partial charge in [0, 0.05) is 42.9 Å². The summed E-state index contributed by atoms with van der Waals surface area (Å²) in [5, 5.41) is 13.4. The largest absolute Gasteiger partial charge is 0.488 e. The molecule has 6 nitrogen and oxygen atoms in total. The molecule has 0 unspecified atom stereocenters. The molecule has 6 heteroatoms. The lowest BCUT2D eigenvalue weighted by Crippen LogP contribution is -2.29. The zero-order chi connectivity index (χ0) is 18.0. The van der Waals surface area contributed by atoms with Crippen molar-refractivity contribution in [3.05, 3.63) is 46.3 Å². The number of benzene rings is 1. The molecule has 0 spiro atoms. The first kappa shape index (κ1) is 17.5. The number of carbonyl (C=O) groups excluding carboxylic acids is 1. The van der Waals surface area contributed by atoms with Crippen LogP contribution < -0.4 is 15.4 Å². The summed E-state index contributed by atoms with van der Waals surface area (Å²) in [6.45, 7) is 10.1. The molecule has 0 aliphatic carbocycles. The number of nitrogens with zero attached hydrogens (tertiary/aromatic N) is 1. The summed E-state index contributed by atoms with van der Waals surface area (Å²) in [6, 6.07) is 6.03. The molecule has 0 atom stereocenters. The fourth-order valence-electron chi connectivity index (χ4n) is 2.90. The molecule has 2 aromatic rings. The van der Waals surface area contributed by atoms with Gasteiger partial charge in [-0.2, -0.15) is 5.10 Å². The van der Waals surface area contributed by atoms with Crippen LogP contribution >= 0.6 is 0 Å². The van der Waals surface area contributed by atoms with Crippen molar-refractivity contribution in [2.45, 2.75) is 52.8 Å².